The molecule has 232 valence electrons. The van der Waals surface area contributed by atoms with Crippen LogP contribution in [0, 0.1) is 0 Å². The molecule has 2 saturated heterocycles. The molecule has 3 rings (SSSR count). The van der Waals surface area contributed by atoms with Crippen molar-refractivity contribution in [1.29, 1.82) is 0 Å². The van der Waals surface area contributed by atoms with Gasteiger partial charge in [-0.25, -0.2) is 4.79 Å². The minimum Gasteiger partial charge on any atom is -0.497 e. The number of rotatable bonds is 12. The fraction of sp³-hybridized carbons (Fsp3) is 0.667. The molecule has 0 saturated carbocycles. The van der Waals surface area contributed by atoms with Crippen LogP contribution in [-0.2, 0) is 23.8 Å². The number of benzene rings is 1. The smallest absolute Gasteiger partial charge is 0.364 e. The van der Waals surface area contributed by atoms with Gasteiger partial charge in [0.15, 0.2) is 0 Å². The van der Waals surface area contributed by atoms with Crippen LogP contribution in [0.15, 0.2) is 24.3 Å². The Bertz CT molecular complexity index is 1010. The highest BCUT2D eigenvalue weighted by molar-refractivity contribution is 5.78. The van der Waals surface area contributed by atoms with E-state index in [9.17, 15) is 50.4 Å². The first-order valence-electron chi connectivity index (χ1n) is 12.5. The molecule has 2 aliphatic rings. The Labute approximate surface area is 233 Å². The van der Waals surface area contributed by atoms with E-state index < -0.39 is 105 Å². The zero-order valence-corrected chi connectivity index (χ0v) is 21.8. The van der Waals surface area contributed by atoms with Crippen molar-refractivity contribution in [2.45, 2.75) is 73.4 Å². The van der Waals surface area contributed by atoms with Crippen LogP contribution in [0.3, 0.4) is 0 Å². The van der Waals surface area contributed by atoms with E-state index in [-0.39, 0.29) is 5.75 Å². The summed E-state index contributed by atoms with van der Waals surface area (Å²) in [6.07, 6.45) is -17.0. The van der Waals surface area contributed by atoms with Crippen LogP contribution in [0.4, 0.5) is 0 Å². The van der Waals surface area contributed by atoms with Crippen LogP contribution in [0.2, 0.25) is 0 Å². The summed E-state index contributed by atoms with van der Waals surface area (Å²) >= 11 is 0. The molecular weight excluding hydrogens is 558 g/mol. The lowest BCUT2D eigenvalue weighted by molar-refractivity contribution is -0.332. The van der Waals surface area contributed by atoms with Crippen LogP contribution >= 0.6 is 0 Å². The monoisotopic (exact) mass is 593 g/mol. The first-order valence-corrected chi connectivity index (χ1v) is 12.5. The van der Waals surface area contributed by atoms with E-state index in [1.54, 1.807) is 12.1 Å². The Hall–Kier alpha value is -2.68. The summed E-state index contributed by atoms with van der Waals surface area (Å²) in [6.45, 7) is -2.86. The molecule has 1 aromatic rings. The van der Waals surface area contributed by atoms with E-state index >= 15 is 0 Å². The maximum absolute atomic E-state index is 12.3. The van der Waals surface area contributed by atoms with Crippen molar-refractivity contribution in [1.82, 2.24) is 5.32 Å². The number of nitrogens with one attached hydrogen (secondary N) is 1. The van der Waals surface area contributed by atoms with Gasteiger partial charge in [0.2, 0.25) is 12.2 Å². The van der Waals surface area contributed by atoms with Gasteiger partial charge in [-0.05, 0) is 24.3 Å². The highest BCUT2D eigenvalue weighted by Crippen LogP contribution is 2.35. The number of hydrogen-bond donors (Lipinski definition) is 10. The highest BCUT2D eigenvalue weighted by Gasteiger charge is 2.57. The van der Waals surface area contributed by atoms with Gasteiger partial charge < -0.3 is 75.0 Å². The number of carboxylic acids is 1. The number of aliphatic hydroxyl groups excluding tert-OH is 8. The van der Waals surface area contributed by atoms with Gasteiger partial charge in [-0.15, -0.1) is 0 Å². The van der Waals surface area contributed by atoms with Gasteiger partial charge in [0, 0.05) is 6.42 Å². The lowest BCUT2D eigenvalue weighted by atomic mass is 9.88. The molecule has 2 fully saturated rings. The van der Waals surface area contributed by atoms with Gasteiger partial charge in [-0.2, -0.15) is 0 Å². The average molecular weight is 594 g/mol. The molecule has 0 bridgehead atoms. The van der Waals surface area contributed by atoms with Gasteiger partial charge in [0.25, 0.3) is 5.79 Å². The summed E-state index contributed by atoms with van der Waals surface area (Å²) in [7, 11) is 1.45. The molecule has 0 aliphatic carbocycles. The minimum absolute atomic E-state index is 0.189. The fourth-order valence-corrected chi connectivity index (χ4v) is 4.43. The van der Waals surface area contributed by atoms with Crippen molar-refractivity contribution < 1.29 is 79.2 Å². The van der Waals surface area contributed by atoms with Gasteiger partial charge in [0.1, 0.15) is 60.8 Å². The lowest BCUT2D eigenvalue weighted by Crippen LogP contribution is -2.68. The standard InChI is InChI=1S/C24H35NO16/c1-37-10-2-4-11(5-3-10)39-22-20(34)19(33)18(32)14(40-22)9-38-24(23(35)36)6-12(28)16(25-15(30)8-27)21(41-24)17(31)13(29)7-26/h2-5,12-14,16-22,26-29,31-34H,6-9H2,1H3,(H,25,30)(H,35,36)/t12-,13+,14+,16+,17+,18+,19-,20-,21+,22+,24+/m0/s1. The van der Waals surface area contributed by atoms with Crippen molar-refractivity contribution in [2.75, 3.05) is 26.9 Å². The number of carbonyl (C=O) groups is 2. The van der Waals surface area contributed by atoms with Crippen LogP contribution in [0.5, 0.6) is 11.5 Å². The zero-order chi connectivity index (χ0) is 30.5. The summed E-state index contributed by atoms with van der Waals surface area (Å²) in [6, 6.07) is 4.50. The second-order valence-electron chi connectivity index (χ2n) is 9.52. The number of carbonyl (C=O) groups excluding carboxylic acids is 1. The summed E-state index contributed by atoms with van der Waals surface area (Å²) in [5.74, 6) is -4.92. The third kappa shape index (κ3) is 7.40. The second kappa shape index (κ2) is 14.0. The van der Waals surface area contributed by atoms with E-state index in [4.69, 9.17) is 28.8 Å². The first-order chi connectivity index (χ1) is 19.4. The Kier molecular flexibility index (Phi) is 11.2. The van der Waals surface area contributed by atoms with Crippen LogP contribution in [-0.4, -0.2) is 152 Å². The number of methoxy groups -OCH3 is 1. The van der Waals surface area contributed by atoms with E-state index in [0.717, 1.165) is 0 Å². The number of hydrogen-bond acceptors (Lipinski definition) is 15. The minimum atomic E-state index is -2.77. The van der Waals surface area contributed by atoms with E-state index in [1.165, 1.54) is 19.2 Å². The number of amides is 1. The van der Waals surface area contributed by atoms with E-state index in [0.29, 0.717) is 5.75 Å². The summed E-state index contributed by atoms with van der Waals surface area (Å²) < 4.78 is 27.1. The summed E-state index contributed by atoms with van der Waals surface area (Å²) in [4.78, 5) is 24.1. The quantitative estimate of drug-likeness (QED) is 0.109. The fourth-order valence-electron chi connectivity index (χ4n) is 4.43. The molecule has 41 heavy (non-hydrogen) atoms. The second-order valence-corrected chi connectivity index (χ2v) is 9.52. The van der Waals surface area contributed by atoms with E-state index in [2.05, 4.69) is 5.32 Å². The topological polar surface area (TPSA) is 274 Å². The third-order valence-electron chi connectivity index (χ3n) is 6.75. The molecule has 10 N–H and O–H groups in total. The number of aliphatic hydroxyl groups is 8. The Morgan fingerprint density at radius 1 is 1.05 bits per heavy atom. The SMILES string of the molecule is COc1ccc(O[C@@H]2O[C@H](CO[C@]3(C(=O)O)C[C@H](O)[C@@H](NC(=O)CO)[C@H]([C@H](O)[C@H](O)CO)O3)[C@@H](O)[C@H](O)[C@@H]2O)cc1. The molecular formula is C24H35NO16. The predicted octanol–water partition coefficient (Wildman–Crippen LogP) is -4.98. The van der Waals surface area contributed by atoms with Crippen molar-refractivity contribution in [3.05, 3.63) is 24.3 Å². The van der Waals surface area contributed by atoms with Crippen molar-refractivity contribution in [3.8, 4) is 11.5 Å². The lowest BCUT2D eigenvalue weighted by Gasteiger charge is -2.47. The van der Waals surface area contributed by atoms with Crippen molar-refractivity contribution in [2.24, 2.45) is 0 Å². The summed E-state index contributed by atoms with van der Waals surface area (Å²) in [5, 5.41) is 92.8. The molecule has 1 amide bonds. The molecule has 0 spiro atoms. The molecule has 1 aromatic carbocycles. The van der Waals surface area contributed by atoms with Gasteiger partial charge in [-0.3, -0.25) is 4.79 Å². The molecule has 11 atom stereocenters. The Morgan fingerprint density at radius 2 is 1.68 bits per heavy atom. The van der Waals surface area contributed by atoms with Crippen LogP contribution in [0.1, 0.15) is 6.42 Å². The Balaban J connectivity index is 1.81. The van der Waals surface area contributed by atoms with Crippen LogP contribution < -0.4 is 14.8 Å². The molecule has 2 aliphatic heterocycles. The largest absolute Gasteiger partial charge is 0.497 e. The Morgan fingerprint density at radius 3 is 2.24 bits per heavy atom. The number of aliphatic carboxylic acids is 1. The average Bonchev–Trinajstić information content (AvgIpc) is 2.97. The maximum Gasteiger partial charge on any atom is 0.364 e. The molecule has 17 nitrogen and oxygen atoms in total. The van der Waals surface area contributed by atoms with Gasteiger partial charge in [0.05, 0.1) is 32.5 Å². The van der Waals surface area contributed by atoms with E-state index in [1.807, 2.05) is 0 Å². The van der Waals surface area contributed by atoms with Crippen LogP contribution in [0.25, 0.3) is 0 Å². The third-order valence-corrected chi connectivity index (χ3v) is 6.75. The van der Waals surface area contributed by atoms with Crippen molar-refractivity contribution in [3.63, 3.8) is 0 Å². The molecule has 0 radical (unpaired) electrons. The first kappa shape index (κ1) is 32.8. The molecule has 17 heteroatoms. The molecule has 2 heterocycles. The maximum atomic E-state index is 12.3. The van der Waals surface area contributed by atoms with Gasteiger partial charge in [-0.1, -0.05) is 0 Å². The highest BCUT2D eigenvalue weighted by atomic mass is 16.7. The zero-order valence-electron chi connectivity index (χ0n) is 21.8. The summed E-state index contributed by atoms with van der Waals surface area (Å²) in [5.41, 5.74) is 0. The van der Waals surface area contributed by atoms with Gasteiger partial charge >= 0.3 is 5.97 Å². The number of carboxylic acid groups (broad SMARTS) is 1. The number of ether oxygens (including phenoxy) is 5. The van der Waals surface area contributed by atoms with Crippen molar-refractivity contribution >= 4 is 11.9 Å². The predicted molar refractivity (Wildman–Crippen MR) is 130 cm³/mol. The molecule has 0 unspecified atom stereocenters. The molecule has 0 aromatic heterocycles. The normalized spacial score (nSPS) is 35.2.